The molecule has 0 aliphatic carbocycles. The van der Waals surface area contributed by atoms with Crippen LogP contribution in [-0.2, 0) is 6.18 Å². The average Bonchev–Trinajstić information content (AvgIpc) is 2.67. The Bertz CT molecular complexity index is 1040. The Labute approximate surface area is 173 Å². The van der Waals surface area contributed by atoms with Crippen molar-refractivity contribution in [2.24, 2.45) is 0 Å². The van der Waals surface area contributed by atoms with Crippen molar-refractivity contribution in [1.82, 2.24) is 9.97 Å². The predicted molar refractivity (Wildman–Crippen MR) is 103 cm³/mol. The molecule has 0 unspecified atom stereocenters. The molecule has 164 valence electrons. The Hall–Kier alpha value is -3.50. The van der Waals surface area contributed by atoms with Gasteiger partial charge in [-0.2, -0.15) is 18.2 Å². The molecule has 0 saturated heterocycles. The lowest BCUT2D eigenvalue weighted by molar-refractivity contribution is -0.274. The summed E-state index contributed by atoms with van der Waals surface area (Å²) < 4.78 is 79.7. The molecule has 1 aromatic heterocycles. The summed E-state index contributed by atoms with van der Waals surface area (Å²) in [5, 5.41) is 5.78. The fourth-order valence-electron chi connectivity index (χ4n) is 2.64. The second-order valence-electron chi connectivity index (χ2n) is 6.27. The van der Waals surface area contributed by atoms with Crippen LogP contribution in [0.4, 0.5) is 43.8 Å². The van der Waals surface area contributed by atoms with Crippen molar-refractivity contribution in [2.75, 3.05) is 17.2 Å². The van der Waals surface area contributed by atoms with Crippen molar-refractivity contribution >= 4 is 17.5 Å². The third-order valence-electron chi connectivity index (χ3n) is 3.91. The third kappa shape index (κ3) is 6.24. The number of hydrogen-bond donors (Lipinski definition) is 2. The molecular formula is C20H16F6N4O. The summed E-state index contributed by atoms with van der Waals surface area (Å²) in [6.07, 6.45) is -9.29. The molecule has 2 aromatic carbocycles. The number of nitrogens with zero attached hydrogens (tertiary/aromatic N) is 2. The van der Waals surface area contributed by atoms with Gasteiger partial charge in [0.05, 0.1) is 11.3 Å². The third-order valence-corrected chi connectivity index (χ3v) is 3.91. The number of anilines is 3. The van der Waals surface area contributed by atoms with Crippen LogP contribution < -0.4 is 15.4 Å². The van der Waals surface area contributed by atoms with E-state index < -0.39 is 23.9 Å². The summed E-state index contributed by atoms with van der Waals surface area (Å²) in [4.78, 5) is 8.50. The molecule has 0 aliphatic heterocycles. The lowest BCUT2D eigenvalue weighted by Crippen LogP contribution is -2.17. The van der Waals surface area contributed by atoms with Gasteiger partial charge in [0.15, 0.2) is 0 Å². The van der Waals surface area contributed by atoms with Gasteiger partial charge in [-0.05, 0) is 43.3 Å². The van der Waals surface area contributed by atoms with Crippen LogP contribution in [0.15, 0.2) is 54.6 Å². The van der Waals surface area contributed by atoms with Gasteiger partial charge in [-0.25, -0.2) is 4.98 Å². The molecule has 0 amide bonds. The smallest absolute Gasteiger partial charge is 0.406 e. The number of rotatable bonds is 6. The molecule has 3 rings (SSSR count). The largest absolute Gasteiger partial charge is 0.573 e. The fourth-order valence-corrected chi connectivity index (χ4v) is 2.64. The average molecular weight is 442 g/mol. The van der Waals surface area contributed by atoms with Gasteiger partial charge < -0.3 is 15.4 Å². The highest BCUT2D eigenvalue weighted by molar-refractivity contribution is 5.68. The van der Waals surface area contributed by atoms with Gasteiger partial charge in [0.1, 0.15) is 11.6 Å². The maximum atomic E-state index is 12.7. The van der Waals surface area contributed by atoms with E-state index in [4.69, 9.17) is 0 Å². The second kappa shape index (κ2) is 8.70. The van der Waals surface area contributed by atoms with Crippen molar-refractivity contribution in [3.05, 3.63) is 60.2 Å². The predicted octanol–water partition coefficient (Wildman–Crippen LogP) is 6.24. The van der Waals surface area contributed by atoms with Crippen molar-refractivity contribution in [1.29, 1.82) is 0 Å². The maximum absolute atomic E-state index is 12.7. The quantitative estimate of drug-likeness (QED) is 0.443. The van der Waals surface area contributed by atoms with Gasteiger partial charge in [-0.3, -0.25) is 0 Å². The minimum absolute atomic E-state index is 0.191. The van der Waals surface area contributed by atoms with E-state index in [0.29, 0.717) is 17.8 Å². The first kappa shape index (κ1) is 22.2. The molecular weight excluding hydrogens is 426 g/mol. The molecule has 31 heavy (non-hydrogen) atoms. The number of benzene rings is 2. The second-order valence-corrected chi connectivity index (χ2v) is 6.27. The van der Waals surface area contributed by atoms with Crippen LogP contribution in [0.25, 0.3) is 11.3 Å². The van der Waals surface area contributed by atoms with Gasteiger partial charge in [0.2, 0.25) is 5.95 Å². The van der Waals surface area contributed by atoms with Crippen molar-refractivity contribution in [3.63, 3.8) is 0 Å². The number of alkyl halides is 6. The minimum Gasteiger partial charge on any atom is -0.406 e. The Morgan fingerprint density at radius 1 is 0.903 bits per heavy atom. The van der Waals surface area contributed by atoms with Crippen LogP contribution in [0.3, 0.4) is 0 Å². The van der Waals surface area contributed by atoms with Crippen LogP contribution in [0, 0.1) is 0 Å². The van der Waals surface area contributed by atoms with Gasteiger partial charge in [-0.1, -0.05) is 12.1 Å². The van der Waals surface area contributed by atoms with Gasteiger partial charge in [-0.15, -0.1) is 13.2 Å². The van der Waals surface area contributed by atoms with Crippen LogP contribution in [-0.4, -0.2) is 22.9 Å². The van der Waals surface area contributed by atoms with Crippen molar-refractivity contribution in [3.8, 4) is 17.0 Å². The van der Waals surface area contributed by atoms with Crippen molar-refractivity contribution < 1.29 is 31.1 Å². The fraction of sp³-hybridized carbons (Fsp3) is 0.200. The summed E-state index contributed by atoms with van der Waals surface area (Å²) in [5.74, 6) is 0.0188. The highest BCUT2D eigenvalue weighted by atomic mass is 19.4. The molecule has 0 spiro atoms. The molecule has 5 nitrogen and oxygen atoms in total. The Balaban J connectivity index is 1.92. The monoisotopic (exact) mass is 442 g/mol. The summed E-state index contributed by atoms with van der Waals surface area (Å²) in [7, 11) is 0. The molecule has 0 saturated carbocycles. The molecule has 0 radical (unpaired) electrons. The van der Waals surface area contributed by atoms with Crippen molar-refractivity contribution in [2.45, 2.75) is 19.5 Å². The highest BCUT2D eigenvalue weighted by Crippen LogP contribution is 2.31. The summed E-state index contributed by atoms with van der Waals surface area (Å²) in [6.45, 7) is 2.27. The van der Waals surface area contributed by atoms with Gasteiger partial charge >= 0.3 is 12.5 Å². The van der Waals surface area contributed by atoms with E-state index in [-0.39, 0.29) is 17.5 Å². The SMILES string of the molecule is CCNc1nc(Nc2ccc(C(F)(F)F)cc2)cc(-c2cccc(OC(F)(F)F)c2)n1. The summed E-state index contributed by atoms with van der Waals surface area (Å²) in [5.41, 5.74) is 0.164. The number of aromatic nitrogens is 2. The van der Waals surface area contributed by atoms with E-state index in [1.807, 2.05) is 0 Å². The number of halogens is 6. The topological polar surface area (TPSA) is 59.1 Å². The van der Waals surface area contributed by atoms with Crippen LogP contribution in [0.2, 0.25) is 0 Å². The van der Waals surface area contributed by atoms with E-state index in [0.717, 1.165) is 18.2 Å². The zero-order valence-corrected chi connectivity index (χ0v) is 16.0. The van der Waals surface area contributed by atoms with Gasteiger partial charge in [0, 0.05) is 23.9 Å². The molecule has 0 atom stereocenters. The lowest BCUT2D eigenvalue weighted by Gasteiger charge is -2.13. The minimum atomic E-state index is -4.84. The Morgan fingerprint density at radius 2 is 1.61 bits per heavy atom. The zero-order valence-electron chi connectivity index (χ0n) is 16.0. The summed E-state index contributed by atoms with van der Waals surface area (Å²) in [6, 6.07) is 11.1. The van der Waals surface area contributed by atoms with Crippen LogP contribution >= 0.6 is 0 Å². The molecule has 0 aliphatic rings. The molecule has 1 heterocycles. The lowest BCUT2D eigenvalue weighted by atomic mass is 10.1. The first-order chi connectivity index (χ1) is 14.5. The number of nitrogens with one attached hydrogen (secondary N) is 2. The van der Waals surface area contributed by atoms with E-state index in [2.05, 4.69) is 25.3 Å². The standard InChI is InChI=1S/C20H16F6N4O/c1-2-27-18-29-16(12-4-3-5-15(10-12)31-20(24,25)26)11-17(30-18)28-14-8-6-13(7-9-14)19(21,22)23/h3-11H,2H2,1H3,(H2,27,28,29,30). The molecule has 0 bridgehead atoms. The van der Waals surface area contributed by atoms with E-state index in [1.54, 1.807) is 13.0 Å². The normalized spacial score (nSPS) is 11.8. The maximum Gasteiger partial charge on any atom is 0.573 e. The molecule has 3 aromatic rings. The van der Waals surface area contributed by atoms with E-state index in [1.165, 1.54) is 30.3 Å². The molecule has 2 N–H and O–H groups in total. The molecule has 0 fully saturated rings. The molecule has 11 heteroatoms. The Kier molecular flexibility index (Phi) is 6.23. The number of hydrogen-bond acceptors (Lipinski definition) is 5. The van der Waals surface area contributed by atoms with E-state index >= 15 is 0 Å². The highest BCUT2D eigenvalue weighted by Gasteiger charge is 2.31. The Morgan fingerprint density at radius 3 is 2.23 bits per heavy atom. The van der Waals surface area contributed by atoms with Crippen LogP contribution in [0.5, 0.6) is 5.75 Å². The van der Waals surface area contributed by atoms with Crippen LogP contribution in [0.1, 0.15) is 12.5 Å². The first-order valence-electron chi connectivity index (χ1n) is 8.97. The summed E-state index contributed by atoms with van der Waals surface area (Å²) >= 11 is 0. The van der Waals surface area contributed by atoms with E-state index in [9.17, 15) is 26.3 Å². The van der Waals surface area contributed by atoms with Gasteiger partial charge in [0.25, 0.3) is 0 Å². The first-order valence-corrected chi connectivity index (χ1v) is 8.97. The zero-order chi connectivity index (χ0) is 22.6. The number of ether oxygens (including phenoxy) is 1.